The number of nitrogen functional groups attached to an aromatic ring is 1. The maximum Gasteiger partial charge on any atom is 0.127 e. The van der Waals surface area contributed by atoms with Crippen molar-refractivity contribution < 1.29 is 0 Å². The van der Waals surface area contributed by atoms with E-state index < -0.39 is 0 Å². The summed E-state index contributed by atoms with van der Waals surface area (Å²) in [7, 11) is 0. The van der Waals surface area contributed by atoms with Gasteiger partial charge in [0.25, 0.3) is 0 Å². The number of anilines is 1. The Morgan fingerprint density at radius 1 is 1.26 bits per heavy atom. The van der Waals surface area contributed by atoms with Crippen molar-refractivity contribution in [2.75, 3.05) is 5.73 Å². The lowest BCUT2D eigenvalue weighted by Crippen LogP contribution is -2.14. The highest BCUT2D eigenvalue weighted by Gasteiger charge is 2.25. The predicted octanol–water partition coefficient (Wildman–Crippen LogP) is 3.98. The van der Waals surface area contributed by atoms with Gasteiger partial charge in [-0.3, -0.25) is 0 Å². The number of hydrogen-bond donors (Lipinski definition) is 1. The number of hydrogen-bond acceptors (Lipinski definition) is 2. The topological polar surface area (TPSA) is 43.8 Å². The fourth-order valence-corrected chi connectivity index (χ4v) is 3.21. The van der Waals surface area contributed by atoms with Crippen molar-refractivity contribution in [2.24, 2.45) is 11.8 Å². The molecule has 0 unspecified atom stereocenters. The first-order valence-corrected chi connectivity index (χ1v) is 7.87. The van der Waals surface area contributed by atoms with E-state index in [0.717, 1.165) is 24.7 Å². The van der Waals surface area contributed by atoms with Crippen LogP contribution >= 0.6 is 0 Å². The molecule has 2 rings (SSSR count). The molecule has 19 heavy (non-hydrogen) atoms. The van der Waals surface area contributed by atoms with Crippen molar-refractivity contribution in [3.63, 3.8) is 0 Å². The number of aryl methyl sites for hydroxylation is 1. The van der Waals surface area contributed by atoms with Crippen molar-refractivity contribution >= 4 is 5.82 Å². The van der Waals surface area contributed by atoms with E-state index in [4.69, 9.17) is 10.7 Å². The minimum absolute atomic E-state index is 0.593. The second-order valence-corrected chi connectivity index (χ2v) is 6.61. The van der Waals surface area contributed by atoms with Gasteiger partial charge in [0, 0.05) is 18.9 Å². The van der Waals surface area contributed by atoms with E-state index in [1.54, 1.807) is 0 Å². The molecule has 3 heteroatoms. The third kappa shape index (κ3) is 3.13. The first kappa shape index (κ1) is 14.4. The molecule has 1 saturated carbocycles. The van der Waals surface area contributed by atoms with Gasteiger partial charge in [-0.05, 0) is 24.7 Å². The van der Waals surface area contributed by atoms with Gasteiger partial charge >= 0.3 is 0 Å². The number of rotatable bonds is 4. The molecule has 2 N–H and O–H groups in total. The molecule has 3 nitrogen and oxygen atoms in total. The highest BCUT2D eigenvalue weighted by molar-refractivity contribution is 5.41. The largest absolute Gasteiger partial charge is 0.384 e. The Hall–Kier alpha value is -0.990. The lowest BCUT2D eigenvalue weighted by atomic mass is 9.81. The molecule has 1 aliphatic rings. The number of imidazole rings is 1. The first-order chi connectivity index (χ1) is 9.02. The molecule has 0 saturated heterocycles. The van der Waals surface area contributed by atoms with Gasteiger partial charge in [-0.1, -0.05) is 40.5 Å². The average Bonchev–Trinajstić information content (AvgIpc) is 2.67. The molecule has 1 fully saturated rings. The quantitative estimate of drug-likeness (QED) is 0.893. The lowest BCUT2D eigenvalue weighted by molar-refractivity contribution is 0.345. The van der Waals surface area contributed by atoms with Crippen LogP contribution in [-0.4, -0.2) is 9.55 Å². The summed E-state index contributed by atoms with van der Waals surface area (Å²) in [5.41, 5.74) is 7.58. The Labute approximate surface area is 117 Å². The van der Waals surface area contributed by atoms with Crippen LogP contribution in [0.4, 0.5) is 5.82 Å². The van der Waals surface area contributed by atoms with Gasteiger partial charge in [-0.25, -0.2) is 4.98 Å². The zero-order valence-electron chi connectivity index (χ0n) is 12.9. The monoisotopic (exact) mass is 263 g/mol. The summed E-state index contributed by atoms with van der Waals surface area (Å²) in [5, 5.41) is 0. The minimum atomic E-state index is 0.593. The van der Waals surface area contributed by atoms with E-state index >= 15 is 0 Å². The molecule has 1 aliphatic carbocycles. The molecule has 1 heterocycles. The zero-order valence-corrected chi connectivity index (χ0v) is 12.9. The predicted molar refractivity (Wildman–Crippen MR) is 81.2 cm³/mol. The standard InChI is InChI=1S/C16H29N3/c1-5-14-18-15(13-8-6-12(4)7-9-13)16(17)19(14)10-11(2)3/h11-13H,5-10,17H2,1-4H3. The summed E-state index contributed by atoms with van der Waals surface area (Å²) in [6.45, 7) is 9.99. The van der Waals surface area contributed by atoms with E-state index in [9.17, 15) is 0 Å². The van der Waals surface area contributed by atoms with Crippen LogP contribution in [0.25, 0.3) is 0 Å². The molecule has 1 aromatic rings. The highest BCUT2D eigenvalue weighted by Crippen LogP contribution is 2.37. The van der Waals surface area contributed by atoms with Crippen molar-refractivity contribution in [1.82, 2.24) is 9.55 Å². The fourth-order valence-electron chi connectivity index (χ4n) is 3.21. The van der Waals surface area contributed by atoms with E-state index in [-0.39, 0.29) is 0 Å². The second kappa shape index (κ2) is 5.98. The molecular weight excluding hydrogens is 234 g/mol. The summed E-state index contributed by atoms with van der Waals surface area (Å²) in [6.07, 6.45) is 6.13. The maximum absolute atomic E-state index is 6.39. The van der Waals surface area contributed by atoms with Crippen LogP contribution in [0.1, 0.15) is 70.8 Å². The van der Waals surface area contributed by atoms with Crippen LogP contribution < -0.4 is 5.73 Å². The highest BCUT2D eigenvalue weighted by atomic mass is 15.1. The van der Waals surface area contributed by atoms with Crippen molar-refractivity contribution in [1.29, 1.82) is 0 Å². The Kier molecular flexibility index (Phi) is 4.54. The molecule has 0 spiro atoms. The van der Waals surface area contributed by atoms with Gasteiger partial charge in [-0.2, -0.15) is 0 Å². The van der Waals surface area contributed by atoms with Gasteiger partial charge in [0.05, 0.1) is 5.69 Å². The molecule has 0 radical (unpaired) electrons. The molecule has 1 aromatic heterocycles. The Morgan fingerprint density at radius 3 is 2.42 bits per heavy atom. The van der Waals surface area contributed by atoms with Gasteiger partial charge in [-0.15, -0.1) is 0 Å². The molecule has 0 bridgehead atoms. The van der Waals surface area contributed by atoms with E-state index in [0.29, 0.717) is 11.8 Å². The van der Waals surface area contributed by atoms with Crippen molar-refractivity contribution in [2.45, 2.75) is 72.3 Å². The average molecular weight is 263 g/mol. The van der Waals surface area contributed by atoms with Crippen molar-refractivity contribution in [3.05, 3.63) is 11.5 Å². The molecule has 0 atom stereocenters. The molecule has 0 aromatic carbocycles. The third-order valence-corrected chi connectivity index (χ3v) is 4.38. The third-order valence-electron chi connectivity index (χ3n) is 4.38. The van der Waals surface area contributed by atoms with E-state index in [1.165, 1.54) is 37.2 Å². The Bertz CT molecular complexity index is 412. The summed E-state index contributed by atoms with van der Waals surface area (Å²) in [5.74, 6) is 4.18. The molecule has 108 valence electrons. The number of aromatic nitrogens is 2. The van der Waals surface area contributed by atoms with Crippen LogP contribution in [0.2, 0.25) is 0 Å². The smallest absolute Gasteiger partial charge is 0.127 e. The van der Waals surface area contributed by atoms with Crippen LogP contribution in [0, 0.1) is 11.8 Å². The zero-order chi connectivity index (χ0) is 14.0. The minimum Gasteiger partial charge on any atom is -0.384 e. The fraction of sp³-hybridized carbons (Fsp3) is 0.812. The maximum atomic E-state index is 6.39. The van der Waals surface area contributed by atoms with Gasteiger partial charge < -0.3 is 10.3 Å². The molecular formula is C16H29N3. The first-order valence-electron chi connectivity index (χ1n) is 7.87. The van der Waals surface area contributed by atoms with Gasteiger partial charge in [0.15, 0.2) is 0 Å². The Balaban J connectivity index is 2.23. The Morgan fingerprint density at radius 2 is 1.89 bits per heavy atom. The van der Waals surface area contributed by atoms with Crippen LogP contribution in [-0.2, 0) is 13.0 Å². The summed E-state index contributed by atoms with van der Waals surface area (Å²) in [6, 6.07) is 0. The molecule has 0 aliphatic heterocycles. The van der Waals surface area contributed by atoms with Crippen LogP contribution in [0.5, 0.6) is 0 Å². The number of nitrogens with two attached hydrogens (primary N) is 1. The van der Waals surface area contributed by atoms with Gasteiger partial charge in [0.1, 0.15) is 11.6 Å². The van der Waals surface area contributed by atoms with Crippen LogP contribution in [0.3, 0.4) is 0 Å². The normalized spacial score (nSPS) is 24.1. The van der Waals surface area contributed by atoms with E-state index in [1.807, 2.05) is 0 Å². The lowest BCUT2D eigenvalue weighted by Gasteiger charge is -2.25. The summed E-state index contributed by atoms with van der Waals surface area (Å²) in [4.78, 5) is 4.87. The second-order valence-electron chi connectivity index (χ2n) is 6.61. The van der Waals surface area contributed by atoms with E-state index in [2.05, 4.69) is 32.3 Å². The van der Waals surface area contributed by atoms with Crippen molar-refractivity contribution in [3.8, 4) is 0 Å². The summed E-state index contributed by atoms with van der Waals surface area (Å²) < 4.78 is 2.25. The van der Waals surface area contributed by atoms with Gasteiger partial charge in [0.2, 0.25) is 0 Å². The SMILES string of the molecule is CCc1nc(C2CCC(C)CC2)c(N)n1CC(C)C. The number of nitrogens with zero attached hydrogens (tertiary/aromatic N) is 2. The van der Waals surface area contributed by atoms with Crippen LogP contribution in [0.15, 0.2) is 0 Å². The molecule has 0 amide bonds. The summed E-state index contributed by atoms with van der Waals surface area (Å²) >= 11 is 0.